The highest BCUT2D eigenvalue weighted by molar-refractivity contribution is 6.25. The molecule has 0 radical (unpaired) electrons. The Morgan fingerprint density at radius 2 is 1.10 bits per heavy atom. The van der Waals surface area contributed by atoms with Gasteiger partial charge in [0.25, 0.3) is 0 Å². The van der Waals surface area contributed by atoms with Gasteiger partial charge in [-0.15, -0.1) is 0 Å². The smallest absolute Gasteiger partial charge is 0.311 e. The molecule has 0 aliphatic carbocycles. The Hall–Kier alpha value is -4.77. The van der Waals surface area contributed by atoms with Crippen LogP contribution < -0.4 is 4.74 Å². The van der Waals surface area contributed by atoms with Crippen molar-refractivity contribution in [1.29, 1.82) is 0 Å². The van der Waals surface area contributed by atoms with Crippen LogP contribution in [-0.2, 0) is 9.53 Å². The van der Waals surface area contributed by atoms with Crippen LogP contribution in [0.3, 0.4) is 0 Å². The predicted octanol–water partition coefficient (Wildman–Crippen LogP) is 8.92. The molecule has 8 rings (SSSR count). The maximum atomic E-state index is 13.3. The highest BCUT2D eigenvalue weighted by Gasteiger charge is 2.21. The monoisotopic (exact) mass is 548 g/mol. The van der Waals surface area contributed by atoms with Gasteiger partial charge in [0, 0.05) is 17.2 Å². The zero-order valence-corrected chi connectivity index (χ0v) is 23.0. The molecule has 8 aromatic carbocycles. The molecule has 0 heterocycles. The molecule has 0 spiro atoms. The molecule has 0 aliphatic heterocycles. The molecule has 42 heavy (non-hydrogen) atoms. The molecule has 0 amide bonds. The van der Waals surface area contributed by atoms with Crippen LogP contribution in [0.5, 0.6) is 5.75 Å². The molecule has 1 unspecified atom stereocenters. The normalized spacial score (nSPS) is 12.9. The van der Waals surface area contributed by atoms with Crippen molar-refractivity contribution in [2.45, 2.75) is 18.9 Å². The molecule has 0 saturated heterocycles. The fourth-order valence-corrected chi connectivity index (χ4v) is 6.78. The Morgan fingerprint density at radius 3 is 1.71 bits per heavy atom. The first-order valence-corrected chi connectivity index (χ1v) is 14.5. The standard InChI is InChI=1S/C38H28O4/c39-21-22-41-32(29-15-11-27-9-7-23-3-1-5-25-12-16-30(29)37(27)35(23)25)19-20-34(40)42-33-18-14-28-10-8-24-4-2-6-26-13-17-31(33)38(28)36(24)26/h1-18,32,39H,19-22H2. The number of carbonyl (C=O) groups excluding carboxylic acids is 1. The number of hydrogen-bond donors (Lipinski definition) is 1. The quantitative estimate of drug-likeness (QED) is 0.117. The Bertz CT molecular complexity index is 2220. The van der Waals surface area contributed by atoms with E-state index in [1.54, 1.807) is 0 Å². The highest BCUT2D eigenvalue weighted by Crippen LogP contribution is 2.41. The van der Waals surface area contributed by atoms with Gasteiger partial charge in [-0.3, -0.25) is 4.79 Å². The number of esters is 1. The van der Waals surface area contributed by atoms with E-state index in [4.69, 9.17) is 9.47 Å². The average molecular weight is 549 g/mol. The maximum Gasteiger partial charge on any atom is 0.311 e. The largest absolute Gasteiger partial charge is 0.426 e. The van der Waals surface area contributed by atoms with Gasteiger partial charge in [0.15, 0.2) is 0 Å². The summed E-state index contributed by atoms with van der Waals surface area (Å²) in [4.78, 5) is 13.3. The zero-order chi connectivity index (χ0) is 28.2. The van der Waals surface area contributed by atoms with Gasteiger partial charge in [-0.2, -0.15) is 0 Å². The van der Waals surface area contributed by atoms with Gasteiger partial charge in [0.2, 0.25) is 0 Å². The van der Waals surface area contributed by atoms with Crippen molar-refractivity contribution in [3.05, 3.63) is 115 Å². The Labute approximate surface area is 242 Å². The zero-order valence-electron chi connectivity index (χ0n) is 23.0. The van der Waals surface area contributed by atoms with Crippen LogP contribution >= 0.6 is 0 Å². The van der Waals surface area contributed by atoms with Crippen LogP contribution in [0, 0.1) is 0 Å². The summed E-state index contributed by atoms with van der Waals surface area (Å²) in [6.45, 7) is 0.103. The van der Waals surface area contributed by atoms with E-state index in [2.05, 4.69) is 91.0 Å². The summed E-state index contributed by atoms with van der Waals surface area (Å²) in [5.41, 5.74) is 1.02. The number of rotatable bonds is 8. The van der Waals surface area contributed by atoms with Gasteiger partial charge in [0.05, 0.1) is 19.3 Å². The molecule has 4 heteroatoms. The van der Waals surface area contributed by atoms with E-state index in [0.29, 0.717) is 12.2 Å². The van der Waals surface area contributed by atoms with Crippen LogP contribution in [-0.4, -0.2) is 24.3 Å². The molecule has 1 N–H and O–H groups in total. The van der Waals surface area contributed by atoms with E-state index < -0.39 is 0 Å². The third-order valence-electron chi connectivity index (χ3n) is 8.64. The van der Waals surface area contributed by atoms with Crippen LogP contribution in [0.25, 0.3) is 64.6 Å². The number of hydrogen-bond acceptors (Lipinski definition) is 4. The van der Waals surface area contributed by atoms with Crippen LogP contribution in [0.2, 0.25) is 0 Å². The van der Waals surface area contributed by atoms with Crippen molar-refractivity contribution >= 4 is 70.6 Å². The molecule has 0 saturated carbocycles. The van der Waals surface area contributed by atoms with Gasteiger partial charge >= 0.3 is 5.97 Å². The topological polar surface area (TPSA) is 55.8 Å². The van der Waals surface area contributed by atoms with E-state index in [9.17, 15) is 9.90 Å². The first-order chi connectivity index (χ1) is 20.7. The van der Waals surface area contributed by atoms with Crippen LogP contribution in [0.1, 0.15) is 24.5 Å². The molecular formula is C38H28O4. The Morgan fingerprint density at radius 1 is 0.595 bits per heavy atom. The van der Waals surface area contributed by atoms with Gasteiger partial charge in [-0.25, -0.2) is 0 Å². The van der Waals surface area contributed by atoms with Crippen molar-refractivity contribution in [3.63, 3.8) is 0 Å². The SMILES string of the molecule is O=C(CCC(OCCO)c1ccc2ccc3cccc4ccc1c2c34)Oc1ccc2ccc3cccc4ccc1c2c34. The lowest BCUT2D eigenvalue weighted by Crippen LogP contribution is -2.14. The van der Waals surface area contributed by atoms with Crippen molar-refractivity contribution in [2.75, 3.05) is 13.2 Å². The second-order valence-corrected chi connectivity index (χ2v) is 11.0. The van der Waals surface area contributed by atoms with Crippen molar-refractivity contribution in [3.8, 4) is 5.75 Å². The number of aliphatic hydroxyl groups excluding tert-OH is 1. The molecule has 0 bridgehead atoms. The van der Waals surface area contributed by atoms with Crippen LogP contribution in [0.4, 0.5) is 0 Å². The summed E-state index contributed by atoms with van der Waals surface area (Å²) < 4.78 is 12.2. The summed E-state index contributed by atoms with van der Waals surface area (Å²) >= 11 is 0. The van der Waals surface area contributed by atoms with Gasteiger partial charge in [-0.05, 0) is 78.0 Å². The molecule has 0 aliphatic rings. The summed E-state index contributed by atoms with van der Waals surface area (Å²) in [7, 11) is 0. The van der Waals surface area contributed by atoms with E-state index in [1.807, 2.05) is 18.2 Å². The number of carbonyl (C=O) groups is 1. The summed E-state index contributed by atoms with van der Waals surface area (Å²) in [6, 6.07) is 37.8. The lowest BCUT2D eigenvalue weighted by molar-refractivity contribution is -0.135. The van der Waals surface area contributed by atoms with Crippen molar-refractivity contribution in [1.82, 2.24) is 0 Å². The average Bonchev–Trinajstić information content (AvgIpc) is 3.03. The lowest BCUT2D eigenvalue weighted by atomic mass is 9.89. The molecule has 4 nitrogen and oxygen atoms in total. The Balaban J connectivity index is 1.11. The minimum absolute atomic E-state index is 0.0878. The molecule has 0 fully saturated rings. The first kappa shape index (κ1) is 25.0. The molecule has 204 valence electrons. The third kappa shape index (κ3) is 3.95. The highest BCUT2D eigenvalue weighted by atomic mass is 16.5. The lowest BCUT2D eigenvalue weighted by Gasteiger charge is -2.21. The predicted molar refractivity (Wildman–Crippen MR) is 171 cm³/mol. The molecular weight excluding hydrogens is 520 g/mol. The van der Waals surface area contributed by atoms with E-state index in [0.717, 1.165) is 27.1 Å². The minimum Gasteiger partial charge on any atom is -0.426 e. The fraction of sp³-hybridized carbons (Fsp3) is 0.132. The second kappa shape index (κ2) is 9.95. The van der Waals surface area contributed by atoms with Crippen molar-refractivity contribution < 1.29 is 19.4 Å². The summed E-state index contributed by atoms with van der Waals surface area (Å²) in [6.07, 6.45) is 0.255. The molecule has 0 aromatic heterocycles. The van der Waals surface area contributed by atoms with Crippen molar-refractivity contribution in [2.24, 2.45) is 0 Å². The van der Waals surface area contributed by atoms with E-state index >= 15 is 0 Å². The summed E-state index contributed by atoms with van der Waals surface area (Å²) in [5, 5.41) is 23.4. The second-order valence-electron chi connectivity index (χ2n) is 11.0. The van der Waals surface area contributed by atoms with Gasteiger partial charge in [-0.1, -0.05) is 97.1 Å². The number of benzene rings is 8. The number of aliphatic hydroxyl groups is 1. The Kier molecular flexibility index (Phi) is 5.92. The van der Waals surface area contributed by atoms with E-state index in [-0.39, 0.29) is 31.7 Å². The fourth-order valence-electron chi connectivity index (χ4n) is 6.78. The third-order valence-corrected chi connectivity index (χ3v) is 8.64. The van der Waals surface area contributed by atoms with Crippen LogP contribution in [0.15, 0.2) is 109 Å². The van der Waals surface area contributed by atoms with E-state index in [1.165, 1.54) is 43.1 Å². The minimum atomic E-state index is -0.365. The first-order valence-electron chi connectivity index (χ1n) is 14.5. The molecule has 1 atom stereocenters. The number of ether oxygens (including phenoxy) is 2. The maximum absolute atomic E-state index is 13.3. The van der Waals surface area contributed by atoms with Gasteiger partial charge in [0.1, 0.15) is 5.75 Å². The molecule has 8 aromatic rings. The summed E-state index contributed by atoms with van der Waals surface area (Å²) in [5.74, 6) is 0.265. The van der Waals surface area contributed by atoms with Gasteiger partial charge < -0.3 is 14.6 Å².